The van der Waals surface area contributed by atoms with Crippen molar-refractivity contribution in [1.29, 1.82) is 0 Å². The minimum absolute atomic E-state index is 0.0494. The van der Waals surface area contributed by atoms with Crippen LogP contribution in [-0.4, -0.2) is 57.0 Å². The molecule has 0 bridgehead atoms. The van der Waals surface area contributed by atoms with Crippen LogP contribution in [0.5, 0.6) is 0 Å². The molecule has 0 spiro atoms. The van der Waals surface area contributed by atoms with Crippen LogP contribution >= 0.6 is 0 Å². The van der Waals surface area contributed by atoms with E-state index in [0.717, 1.165) is 53.8 Å². The number of rotatable bonds is 2. The number of aromatic nitrogens is 4. The van der Waals surface area contributed by atoms with Crippen molar-refractivity contribution in [2.45, 2.75) is 13.3 Å². The van der Waals surface area contributed by atoms with Crippen molar-refractivity contribution in [3.8, 4) is 11.3 Å². The zero-order valence-corrected chi connectivity index (χ0v) is 15.1. The normalized spacial score (nSPS) is 15.2. The fourth-order valence-electron chi connectivity index (χ4n) is 3.39. The van der Waals surface area contributed by atoms with Gasteiger partial charge in [-0.2, -0.15) is 5.10 Å². The Bertz CT molecular complexity index is 939. The molecule has 0 atom stereocenters. The van der Waals surface area contributed by atoms with E-state index in [1.807, 2.05) is 35.8 Å². The van der Waals surface area contributed by atoms with Crippen molar-refractivity contribution >= 4 is 16.8 Å². The average Bonchev–Trinajstić information content (AvgIpc) is 2.85. The van der Waals surface area contributed by atoms with Gasteiger partial charge in [-0.15, -0.1) is 10.2 Å². The summed E-state index contributed by atoms with van der Waals surface area (Å²) in [6.45, 7) is 5.27. The molecule has 4 rings (SSSR count). The first-order chi connectivity index (χ1) is 12.6. The van der Waals surface area contributed by atoms with E-state index in [-0.39, 0.29) is 5.91 Å². The second-order valence-electron chi connectivity index (χ2n) is 6.73. The smallest absolute Gasteiger partial charge is 0.274 e. The number of hydrogen-bond donors (Lipinski definition) is 1. The van der Waals surface area contributed by atoms with Crippen LogP contribution in [0.1, 0.15) is 22.5 Å². The van der Waals surface area contributed by atoms with E-state index in [4.69, 9.17) is 0 Å². The summed E-state index contributed by atoms with van der Waals surface area (Å²) < 4.78 is 1.81. The summed E-state index contributed by atoms with van der Waals surface area (Å²) in [7, 11) is 1.91. The molecule has 0 radical (unpaired) electrons. The molecule has 2 aromatic heterocycles. The number of aryl methyl sites for hydroxylation is 2. The van der Waals surface area contributed by atoms with Gasteiger partial charge in [-0.1, -0.05) is 0 Å². The molecule has 1 amide bonds. The average molecular weight is 350 g/mol. The minimum Gasteiger partial charge on any atom is -0.336 e. The van der Waals surface area contributed by atoms with E-state index in [0.29, 0.717) is 12.2 Å². The van der Waals surface area contributed by atoms with Crippen LogP contribution in [-0.2, 0) is 7.05 Å². The van der Waals surface area contributed by atoms with E-state index < -0.39 is 0 Å². The Morgan fingerprint density at radius 3 is 2.85 bits per heavy atom. The lowest BCUT2D eigenvalue weighted by Crippen LogP contribution is -2.34. The van der Waals surface area contributed by atoms with Crippen molar-refractivity contribution < 1.29 is 4.79 Å². The van der Waals surface area contributed by atoms with Crippen LogP contribution < -0.4 is 5.32 Å². The largest absolute Gasteiger partial charge is 0.336 e. The van der Waals surface area contributed by atoms with Crippen LogP contribution in [0, 0.1) is 6.92 Å². The Morgan fingerprint density at radius 2 is 2.04 bits per heavy atom. The maximum Gasteiger partial charge on any atom is 0.274 e. The second-order valence-corrected chi connectivity index (χ2v) is 6.73. The quantitative estimate of drug-likeness (QED) is 0.762. The number of fused-ring (bicyclic) bond motifs is 1. The Hall–Kier alpha value is -2.80. The van der Waals surface area contributed by atoms with Crippen LogP contribution in [0.25, 0.3) is 22.2 Å². The zero-order chi connectivity index (χ0) is 18.1. The first kappa shape index (κ1) is 16.7. The van der Waals surface area contributed by atoms with Gasteiger partial charge in [0.15, 0.2) is 5.69 Å². The Labute approximate surface area is 152 Å². The molecule has 1 aromatic carbocycles. The summed E-state index contributed by atoms with van der Waals surface area (Å²) in [5.74, 6) is -0.0494. The molecular formula is C19H22N6O. The van der Waals surface area contributed by atoms with Gasteiger partial charge in [0.2, 0.25) is 0 Å². The number of nitrogens with one attached hydrogen (secondary N) is 1. The van der Waals surface area contributed by atoms with E-state index >= 15 is 0 Å². The van der Waals surface area contributed by atoms with Crippen LogP contribution in [0.3, 0.4) is 0 Å². The van der Waals surface area contributed by atoms with Gasteiger partial charge >= 0.3 is 0 Å². The topological polar surface area (TPSA) is 75.9 Å². The molecule has 3 heterocycles. The molecular weight excluding hydrogens is 328 g/mol. The number of benzene rings is 1. The van der Waals surface area contributed by atoms with Crippen LogP contribution in [0.2, 0.25) is 0 Å². The zero-order valence-electron chi connectivity index (χ0n) is 15.1. The van der Waals surface area contributed by atoms with Crippen molar-refractivity contribution in [1.82, 2.24) is 30.2 Å². The van der Waals surface area contributed by atoms with E-state index in [1.54, 1.807) is 6.07 Å². The maximum absolute atomic E-state index is 12.6. The maximum atomic E-state index is 12.6. The number of amides is 1. The first-order valence-corrected chi connectivity index (χ1v) is 8.90. The first-order valence-electron chi connectivity index (χ1n) is 8.90. The standard InChI is InChI=1S/C19H22N6O/c1-13-10-14(11-15-12-24(2)23-18(13)15)16-4-5-17(22-21-16)19(26)25-8-3-6-20-7-9-25/h4-5,10-12,20H,3,6-9H2,1-2H3. The minimum atomic E-state index is -0.0494. The SMILES string of the molecule is Cc1cc(-c2ccc(C(=O)N3CCCNCC3)nn2)cc2cn(C)nc12. The predicted octanol–water partition coefficient (Wildman–Crippen LogP) is 1.77. The fourth-order valence-corrected chi connectivity index (χ4v) is 3.39. The highest BCUT2D eigenvalue weighted by Crippen LogP contribution is 2.25. The van der Waals surface area contributed by atoms with E-state index in [1.165, 1.54) is 0 Å². The van der Waals surface area contributed by atoms with Gasteiger partial charge in [-0.05, 0) is 49.7 Å². The molecule has 7 heteroatoms. The molecule has 1 aliphatic heterocycles. The lowest BCUT2D eigenvalue weighted by Gasteiger charge is -2.19. The van der Waals surface area contributed by atoms with Crippen molar-refractivity contribution in [3.05, 3.63) is 41.7 Å². The third-order valence-electron chi connectivity index (χ3n) is 4.72. The summed E-state index contributed by atoms with van der Waals surface area (Å²) >= 11 is 0. The number of carbonyl (C=O) groups is 1. The molecule has 1 aliphatic rings. The van der Waals surface area contributed by atoms with Crippen molar-refractivity contribution in [2.24, 2.45) is 7.05 Å². The van der Waals surface area contributed by atoms with Crippen LogP contribution in [0.15, 0.2) is 30.5 Å². The third-order valence-corrected chi connectivity index (χ3v) is 4.72. The molecule has 0 unspecified atom stereocenters. The van der Waals surface area contributed by atoms with Gasteiger partial charge in [-0.25, -0.2) is 0 Å². The lowest BCUT2D eigenvalue weighted by atomic mass is 10.1. The van der Waals surface area contributed by atoms with Crippen molar-refractivity contribution in [3.63, 3.8) is 0 Å². The molecule has 1 fully saturated rings. The van der Waals surface area contributed by atoms with Gasteiger partial charge in [-0.3, -0.25) is 9.48 Å². The summed E-state index contributed by atoms with van der Waals surface area (Å²) in [6, 6.07) is 7.75. The Kier molecular flexibility index (Phi) is 4.38. The number of carbonyl (C=O) groups excluding carboxylic acids is 1. The molecule has 0 saturated carbocycles. The van der Waals surface area contributed by atoms with Gasteiger partial charge in [0, 0.05) is 43.8 Å². The Morgan fingerprint density at radius 1 is 1.15 bits per heavy atom. The number of hydrogen-bond acceptors (Lipinski definition) is 5. The summed E-state index contributed by atoms with van der Waals surface area (Å²) in [5.41, 5.74) is 4.22. The van der Waals surface area contributed by atoms with Crippen LogP contribution in [0.4, 0.5) is 0 Å². The highest BCUT2D eigenvalue weighted by Gasteiger charge is 2.19. The third kappa shape index (κ3) is 3.17. The molecule has 3 aromatic rings. The number of nitrogens with zero attached hydrogens (tertiary/aromatic N) is 5. The highest BCUT2D eigenvalue weighted by molar-refractivity contribution is 5.92. The van der Waals surface area contributed by atoms with E-state index in [2.05, 4.69) is 32.7 Å². The summed E-state index contributed by atoms with van der Waals surface area (Å²) in [6.07, 6.45) is 2.95. The molecule has 26 heavy (non-hydrogen) atoms. The van der Waals surface area contributed by atoms with E-state index in [9.17, 15) is 4.79 Å². The van der Waals surface area contributed by atoms with Gasteiger partial charge < -0.3 is 10.2 Å². The predicted molar refractivity (Wildman–Crippen MR) is 99.9 cm³/mol. The lowest BCUT2D eigenvalue weighted by molar-refractivity contribution is 0.0759. The van der Waals surface area contributed by atoms with Crippen molar-refractivity contribution in [2.75, 3.05) is 26.2 Å². The molecule has 0 aliphatic carbocycles. The second kappa shape index (κ2) is 6.84. The molecule has 134 valence electrons. The molecule has 7 nitrogen and oxygen atoms in total. The molecule has 1 saturated heterocycles. The van der Waals surface area contributed by atoms with Gasteiger partial charge in [0.05, 0.1) is 11.2 Å². The van der Waals surface area contributed by atoms with Gasteiger partial charge in [0.1, 0.15) is 0 Å². The summed E-state index contributed by atoms with van der Waals surface area (Å²) in [5, 5.41) is 17.3. The highest BCUT2D eigenvalue weighted by atomic mass is 16.2. The van der Waals surface area contributed by atoms with Gasteiger partial charge in [0.25, 0.3) is 5.91 Å². The Balaban J connectivity index is 1.60. The monoisotopic (exact) mass is 350 g/mol. The summed E-state index contributed by atoms with van der Waals surface area (Å²) in [4.78, 5) is 14.5. The molecule has 1 N–H and O–H groups in total. The fraction of sp³-hybridized carbons (Fsp3) is 0.368.